The van der Waals surface area contributed by atoms with Crippen molar-refractivity contribution in [3.05, 3.63) is 83.9 Å². The molecule has 0 saturated heterocycles. The zero-order valence-corrected chi connectivity index (χ0v) is 15.8. The SMILES string of the molecule is Clc1cccc2oc3ccc(-c4cccc5sc6ccccc6c45)cc3c12. The highest BCUT2D eigenvalue weighted by Crippen LogP contribution is 2.42. The van der Waals surface area contributed by atoms with E-state index in [0.29, 0.717) is 0 Å². The molecule has 4 aromatic carbocycles. The summed E-state index contributed by atoms with van der Waals surface area (Å²) in [6.07, 6.45) is 0. The van der Waals surface area contributed by atoms with E-state index in [1.807, 2.05) is 35.6 Å². The average molecular weight is 385 g/mol. The monoisotopic (exact) mass is 384 g/mol. The van der Waals surface area contributed by atoms with Gasteiger partial charge in [0.2, 0.25) is 0 Å². The van der Waals surface area contributed by atoms with E-state index in [2.05, 4.69) is 54.6 Å². The number of rotatable bonds is 1. The highest BCUT2D eigenvalue weighted by atomic mass is 35.5. The van der Waals surface area contributed by atoms with Gasteiger partial charge in [-0.25, -0.2) is 0 Å². The maximum atomic E-state index is 6.47. The number of thiophene rings is 1. The van der Waals surface area contributed by atoms with Gasteiger partial charge in [-0.1, -0.05) is 54.1 Å². The molecule has 0 atom stereocenters. The highest BCUT2D eigenvalue weighted by molar-refractivity contribution is 7.25. The van der Waals surface area contributed by atoms with Gasteiger partial charge in [0, 0.05) is 30.9 Å². The van der Waals surface area contributed by atoms with Crippen LogP contribution in [0.3, 0.4) is 0 Å². The van der Waals surface area contributed by atoms with Crippen LogP contribution in [0.5, 0.6) is 0 Å². The van der Waals surface area contributed by atoms with E-state index in [4.69, 9.17) is 16.0 Å². The lowest BCUT2D eigenvalue weighted by atomic mass is 9.98. The molecule has 0 fully saturated rings. The summed E-state index contributed by atoms with van der Waals surface area (Å²) in [5, 5.41) is 5.39. The Bertz CT molecular complexity index is 1490. The fourth-order valence-corrected chi connectivity index (χ4v) is 5.37. The van der Waals surface area contributed by atoms with Crippen LogP contribution in [0.15, 0.2) is 83.3 Å². The van der Waals surface area contributed by atoms with Crippen molar-refractivity contribution >= 4 is 65.0 Å². The Hall–Kier alpha value is -2.81. The summed E-state index contributed by atoms with van der Waals surface area (Å²) in [4.78, 5) is 0. The van der Waals surface area contributed by atoms with Gasteiger partial charge in [0.15, 0.2) is 0 Å². The fraction of sp³-hybridized carbons (Fsp3) is 0. The quantitative estimate of drug-likeness (QED) is 0.278. The van der Waals surface area contributed by atoms with Crippen molar-refractivity contribution in [1.82, 2.24) is 0 Å². The van der Waals surface area contributed by atoms with Crippen LogP contribution >= 0.6 is 22.9 Å². The van der Waals surface area contributed by atoms with E-state index in [1.165, 1.54) is 31.3 Å². The van der Waals surface area contributed by atoms with E-state index >= 15 is 0 Å². The lowest BCUT2D eigenvalue weighted by Crippen LogP contribution is -1.80. The molecule has 0 radical (unpaired) electrons. The van der Waals surface area contributed by atoms with Crippen LogP contribution in [0.1, 0.15) is 0 Å². The molecule has 128 valence electrons. The van der Waals surface area contributed by atoms with E-state index in [9.17, 15) is 0 Å². The molecule has 0 spiro atoms. The molecule has 27 heavy (non-hydrogen) atoms. The first-order chi connectivity index (χ1) is 13.3. The molecular formula is C24H13ClOS. The Morgan fingerprint density at radius 1 is 0.667 bits per heavy atom. The number of halogens is 1. The summed E-state index contributed by atoms with van der Waals surface area (Å²) in [6.45, 7) is 0. The minimum Gasteiger partial charge on any atom is -0.456 e. The molecule has 1 nitrogen and oxygen atoms in total. The first-order valence-electron chi connectivity index (χ1n) is 8.81. The van der Waals surface area contributed by atoms with Crippen molar-refractivity contribution in [2.24, 2.45) is 0 Å². The summed E-state index contributed by atoms with van der Waals surface area (Å²) in [7, 11) is 0. The van der Waals surface area contributed by atoms with Gasteiger partial charge < -0.3 is 4.42 Å². The highest BCUT2D eigenvalue weighted by Gasteiger charge is 2.14. The second-order valence-electron chi connectivity index (χ2n) is 6.70. The first-order valence-corrected chi connectivity index (χ1v) is 10.0. The van der Waals surface area contributed by atoms with Gasteiger partial charge in [0.25, 0.3) is 0 Å². The van der Waals surface area contributed by atoms with Crippen LogP contribution in [-0.4, -0.2) is 0 Å². The van der Waals surface area contributed by atoms with Crippen LogP contribution in [0.2, 0.25) is 5.02 Å². The van der Waals surface area contributed by atoms with E-state index in [-0.39, 0.29) is 0 Å². The molecule has 0 N–H and O–H groups in total. The second kappa shape index (κ2) is 5.59. The predicted octanol–water partition coefficient (Wildman–Crippen LogP) is 8.27. The van der Waals surface area contributed by atoms with Crippen molar-refractivity contribution < 1.29 is 4.42 Å². The smallest absolute Gasteiger partial charge is 0.136 e. The van der Waals surface area contributed by atoms with Crippen LogP contribution in [0.25, 0.3) is 53.2 Å². The van der Waals surface area contributed by atoms with Gasteiger partial charge >= 0.3 is 0 Å². The third-order valence-corrected chi connectivity index (χ3v) is 6.61. The summed E-state index contributed by atoms with van der Waals surface area (Å²) < 4.78 is 8.61. The molecule has 0 aliphatic carbocycles. The lowest BCUT2D eigenvalue weighted by molar-refractivity contribution is 0.669. The Morgan fingerprint density at radius 2 is 1.52 bits per heavy atom. The fourth-order valence-electron chi connectivity index (χ4n) is 3.97. The van der Waals surface area contributed by atoms with Crippen molar-refractivity contribution in [1.29, 1.82) is 0 Å². The topological polar surface area (TPSA) is 13.1 Å². The molecule has 6 rings (SSSR count). The zero-order chi connectivity index (χ0) is 18.0. The van der Waals surface area contributed by atoms with Crippen LogP contribution < -0.4 is 0 Å². The summed E-state index contributed by atoms with van der Waals surface area (Å²) in [6, 6.07) is 27.3. The zero-order valence-electron chi connectivity index (χ0n) is 14.2. The lowest BCUT2D eigenvalue weighted by Gasteiger charge is -2.05. The molecule has 0 unspecified atom stereocenters. The average Bonchev–Trinajstić information content (AvgIpc) is 3.26. The molecular weight excluding hydrogens is 372 g/mol. The Balaban J connectivity index is 1.72. The number of hydrogen-bond acceptors (Lipinski definition) is 2. The van der Waals surface area contributed by atoms with Gasteiger partial charge in [-0.2, -0.15) is 0 Å². The molecule has 0 bridgehead atoms. The maximum Gasteiger partial charge on any atom is 0.136 e. The Morgan fingerprint density at radius 3 is 2.48 bits per heavy atom. The maximum absolute atomic E-state index is 6.47. The van der Waals surface area contributed by atoms with Gasteiger partial charge in [0.05, 0.1) is 5.02 Å². The van der Waals surface area contributed by atoms with Crippen molar-refractivity contribution in [2.75, 3.05) is 0 Å². The minimum atomic E-state index is 0.725. The second-order valence-corrected chi connectivity index (χ2v) is 8.19. The minimum absolute atomic E-state index is 0.725. The van der Waals surface area contributed by atoms with Gasteiger partial charge in [-0.05, 0) is 47.5 Å². The Labute approximate surface area is 164 Å². The first kappa shape index (κ1) is 15.3. The third-order valence-electron chi connectivity index (χ3n) is 5.16. The number of furan rings is 1. The Kier molecular flexibility index (Phi) is 3.16. The number of hydrogen-bond donors (Lipinski definition) is 0. The molecule has 0 amide bonds. The molecule has 2 aromatic heterocycles. The molecule has 0 saturated carbocycles. The van der Waals surface area contributed by atoms with Gasteiger partial charge in [0.1, 0.15) is 11.2 Å². The normalized spacial score (nSPS) is 11.9. The van der Waals surface area contributed by atoms with Crippen molar-refractivity contribution in [3.63, 3.8) is 0 Å². The number of benzene rings is 4. The summed E-state index contributed by atoms with van der Waals surface area (Å²) in [5.74, 6) is 0. The summed E-state index contributed by atoms with van der Waals surface area (Å²) >= 11 is 8.31. The van der Waals surface area contributed by atoms with Gasteiger partial charge in [-0.15, -0.1) is 11.3 Å². The van der Waals surface area contributed by atoms with Crippen LogP contribution in [0, 0.1) is 0 Å². The van der Waals surface area contributed by atoms with Crippen molar-refractivity contribution in [3.8, 4) is 11.1 Å². The number of fused-ring (bicyclic) bond motifs is 6. The van der Waals surface area contributed by atoms with E-state index < -0.39 is 0 Å². The van der Waals surface area contributed by atoms with Gasteiger partial charge in [-0.3, -0.25) is 0 Å². The van der Waals surface area contributed by atoms with Crippen molar-refractivity contribution in [2.45, 2.75) is 0 Å². The molecule has 3 heteroatoms. The third kappa shape index (κ3) is 2.18. The molecule has 2 heterocycles. The molecule has 0 aliphatic rings. The van der Waals surface area contributed by atoms with E-state index in [0.717, 1.165) is 27.0 Å². The van der Waals surface area contributed by atoms with E-state index in [1.54, 1.807) is 0 Å². The standard InChI is InChI=1S/C24H13ClOS/c25-18-7-4-8-20-24(18)17-13-14(11-12-19(17)26-20)15-6-3-10-22-23(15)16-5-1-2-9-21(16)27-22/h1-13H. The largest absolute Gasteiger partial charge is 0.456 e. The molecule has 0 aliphatic heterocycles. The van der Waals surface area contributed by atoms with Crippen LogP contribution in [0.4, 0.5) is 0 Å². The molecule has 6 aromatic rings. The predicted molar refractivity (Wildman–Crippen MR) is 117 cm³/mol. The van der Waals surface area contributed by atoms with Crippen LogP contribution in [-0.2, 0) is 0 Å². The summed E-state index contributed by atoms with van der Waals surface area (Å²) in [5.41, 5.74) is 4.12.